The first kappa shape index (κ1) is 25.4. The Bertz CT molecular complexity index is 1050. The van der Waals surface area contributed by atoms with E-state index in [1.807, 2.05) is 50.2 Å². The molecule has 0 bridgehead atoms. The van der Waals surface area contributed by atoms with Crippen LogP contribution in [-0.4, -0.2) is 47.6 Å². The number of hydrogen-bond donors (Lipinski definition) is 1. The van der Waals surface area contributed by atoms with Crippen LogP contribution in [0.4, 0.5) is 0 Å². The fourth-order valence-corrected chi connectivity index (χ4v) is 5.20. The standard InChI is InChI=1S/C26H30N2O5S/c1-5-17(2)26(24(31)33-4)16-20(23(30)32-3)21(18-12-8-6-9-13-18)28(26)25(34)27-22(29)19-14-10-7-11-15-19/h6-15,17,20-21H,5,16H2,1-4H3,(H,27,29,34)/t17?,20-,21-,26+/m0/s1. The number of nitrogens with one attached hydrogen (secondary N) is 1. The van der Waals surface area contributed by atoms with Crippen molar-refractivity contribution in [3.63, 3.8) is 0 Å². The van der Waals surface area contributed by atoms with E-state index in [1.165, 1.54) is 14.2 Å². The molecule has 1 unspecified atom stereocenters. The molecule has 4 atom stereocenters. The maximum atomic E-state index is 13.5. The zero-order valence-corrected chi connectivity index (χ0v) is 20.6. The molecule has 1 heterocycles. The number of thiocarbonyl (C=S) groups is 1. The van der Waals surface area contributed by atoms with E-state index in [1.54, 1.807) is 29.2 Å². The van der Waals surface area contributed by atoms with Gasteiger partial charge >= 0.3 is 11.9 Å². The molecule has 1 fully saturated rings. The van der Waals surface area contributed by atoms with Crippen molar-refractivity contribution in [3.8, 4) is 0 Å². The van der Waals surface area contributed by atoms with E-state index in [4.69, 9.17) is 21.7 Å². The number of esters is 2. The molecular weight excluding hydrogens is 452 g/mol. The Morgan fingerprint density at radius 3 is 2.18 bits per heavy atom. The van der Waals surface area contributed by atoms with Crippen LogP contribution < -0.4 is 5.32 Å². The molecule has 8 heteroatoms. The average molecular weight is 483 g/mol. The van der Waals surface area contributed by atoms with Gasteiger partial charge in [-0.3, -0.25) is 14.9 Å². The Labute approximate surface area is 205 Å². The summed E-state index contributed by atoms with van der Waals surface area (Å²) < 4.78 is 10.4. The minimum Gasteiger partial charge on any atom is -0.469 e. The number of carbonyl (C=O) groups excluding carboxylic acids is 3. The van der Waals surface area contributed by atoms with E-state index in [2.05, 4.69) is 5.32 Å². The second kappa shape index (κ2) is 10.8. The van der Waals surface area contributed by atoms with Gasteiger partial charge in [0.25, 0.3) is 5.91 Å². The molecule has 1 amide bonds. The lowest BCUT2D eigenvalue weighted by Gasteiger charge is -2.43. The maximum absolute atomic E-state index is 13.5. The van der Waals surface area contributed by atoms with Crippen molar-refractivity contribution >= 4 is 35.2 Å². The molecule has 0 spiro atoms. The third-order valence-electron chi connectivity index (χ3n) is 6.71. The number of carbonyl (C=O) groups is 3. The molecule has 1 saturated heterocycles. The monoisotopic (exact) mass is 482 g/mol. The van der Waals surface area contributed by atoms with Crippen molar-refractivity contribution < 1.29 is 23.9 Å². The van der Waals surface area contributed by atoms with Gasteiger partial charge in [-0.2, -0.15) is 0 Å². The Kier molecular flexibility index (Phi) is 8.04. The third-order valence-corrected chi connectivity index (χ3v) is 7.01. The van der Waals surface area contributed by atoms with Crippen LogP contribution >= 0.6 is 12.2 Å². The molecular formula is C26H30N2O5S. The quantitative estimate of drug-likeness (QED) is 0.494. The van der Waals surface area contributed by atoms with Gasteiger partial charge in [-0.15, -0.1) is 0 Å². The highest BCUT2D eigenvalue weighted by molar-refractivity contribution is 7.80. The first-order chi connectivity index (χ1) is 16.3. The molecule has 0 radical (unpaired) electrons. The van der Waals surface area contributed by atoms with Gasteiger partial charge in [0.1, 0.15) is 5.54 Å². The highest BCUT2D eigenvalue weighted by Gasteiger charge is 2.62. The highest BCUT2D eigenvalue weighted by atomic mass is 32.1. The summed E-state index contributed by atoms with van der Waals surface area (Å²) in [6.45, 7) is 3.88. The largest absolute Gasteiger partial charge is 0.469 e. The predicted molar refractivity (Wildman–Crippen MR) is 132 cm³/mol. The number of ether oxygens (including phenoxy) is 2. The van der Waals surface area contributed by atoms with Crippen LogP contribution in [0.2, 0.25) is 0 Å². The van der Waals surface area contributed by atoms with Gasteiger partial charge in [0.05, 0.1) is 26.2 Å². The average Bonchev–Trinajstić information content (AvgIpc) is 3.25. The van der Waals surface area contributed by atoms with Crippen LogP contribution in [0.3, 0.4) is 0 Å². The van der Waals surface area contributed by atoms with Crippen molar-refractivity contribution in [1.29, 1.82) is 0 Å². The molecule has 180 valence electrons. The Hall–Kier alpha value is -3.26. The molecule has 0 aromatic heterocycles. The predicted octanol–water partition coefficient (Wildman–Crippen LogP) is 3.90. The van der Waals surface area contributed by atoms with Gasteiger partial charge in [-0.05, 0) is 42.3 Å². The molecule has 1 N–H and O–H groups in total. The highest BCUT2D eigenvalue weighted by Crippen LogP contribution is 2.51. The Balaban J connectivity index is 2.17. The molecule has 2 aromatic rings. The SMILES string of the molecule is CCC(C)[C@@]1(C(=O)OC)C[C@H](C(=O)OC)[C@H](c2ccccc2)N1C(=S)NC(=O)c1ccccc1. The van der Waals surface area contributed by atoms with Gasteiger partial charge in [0.15, 0.2) is 5.11 Å². The lowest BCUT2D eigenvalue weighted by molar-refractivity contribution is -0.155. The third kappa shape index (κ3) is 4.55. The van der Waals surface area contributed by atoms with Crippen LogP contribution in [0.25, 0.3) is 0 Å². The van der Waals surface area contributed by atoms with Crippen molar-refractivity contribution in [1.82, 2.24) is 10.2 Å². The molecule has 7 nitrogen and oxygen atoms in total. The van der Waals surface area contributed by atoms with E-state index in [-0.39, 0.29) is 17.5 Å². The lowest BCUT2D eigenvalue weighted by atomic mass is 9.79. The lowest BCUT2D eigenvalue weighted by Crippen LogP contribution is -2.60. The Morgan fingerprint density at radius 2 is 1.65 bits per heavy atom. The Morgan fingerprint density at radius 1 is 1.06 bits per heavy atom. The van der Waals surface area contributed by atoms with Crippen LogP contribution in [0.1, 0.15) is 48.7 Å². The first-order valence-corrected chi connectivity index (χ1v) is 11.6. The molecule has 34 heavy (non-hydrogen) atoms. The second-order valence-electron chi connectivity index (χ2n) is 8.41. The molecule has 1 aliphatic heterocycles. The topological polar surface area (TPSA) is 84.9 Å². The van der Waals surface area contributed by atoms with Gasteiger partial charge in [-0.1, -0.05) is 68.8 Å². The number of amides is 1. The molecule has 0 saturated carbocycles. The first-order valence-electron chi connectivity index (χ1n) is 11.2. The van der Waals surface area contributed by atoms with Gasteiger partial charge in [0.2, 0.25) is 0 Å². The van der Waals surface area contributed by atoms with Crippen molar-refractivity contribution in [2.45, 2.75) is 38.3 Å². The maximum Gasteiger partial charge on any atom is 0.332 e. The summed E-state index contributed by atoms with van der Waals surface area (Å²) in [5, 5.41) is 2.84. The van der Waals surface area contributed by atoms with Crippen LogP contribution in [0.15, 0.2) is 60.7 Å². The van der Waals surface area contributed by atoms with Gasteiger partial charge in [0, 0.05) is 5.56 Å². The van der Waals surface area contributed by atoms with Gasteiger partial charge < -0.3 is 14.4 Å². The summed E-state index contributed by atoms with van der Waals surface area (Å²) >= 11 is 5.76. The number of methoxy groups -OCH3 is 2. The summed E-state index contributed by atoms with van der Waals surface area (Å²) in [6.07, 6.45) is 0.762. The summed E-state index contributed by atoms with van der Waals surface area (Å²) in [5.74, 6) is -2.31. The molecule has 3 rings (SSSR count). The number of hydrogen-bond acceptors (Lipinski definition) is 6. The van der Waals surface area contributed by atoms with E-state index < -0.39 is 35.3 Å². The van der Waals surface area contributed by atoms with Crippen molar-refractivity contribution in [2.24, 2.45) is 11.8 Å². The van der Waals surface area contributed by atoms with Crippen LogP contribution in [0.5, 0.6) is 0 Å². The fraction of sp³-hybridized carbons (Fsp3) is 0.385. The normalized spacial score (nSPS) is 22.5. The number of nitrogens with zero attached hydrogens (tertiary/aromatic N) is 1. The number of likely N-dealkylation sites (tertiary alicyclic amines) is 1. The second-order valence-corrected chi connectivity index (χ2v) is 8.80. The van der Waals surface area contributed by atoms with E-state index in [9.17, 15) is 14.4 Å². The van der Waals surface area contributed by atoms with Crippen molar-refractivity contribution in [2.75, 3.05) is 14.2 Å². The van der Waals surface area contributed by atoms with Crippen LogP contribution in [0, 0.1) is 11.8 Å². The van der Waals surface area contributed by atoms with E-state index in [0.717, 1.165) is 5.56 Å². The minimum atomic E-state index is -1.27. The minimum absolute atomic E-state index is 0.0554. The molecule has 1 aliphatic rings. The summed E-state index contributed by atoms with van der Waals surface area (Å²) in [6, 6.07) is 17.4. The number of benzene rings is 2. The molecule has 2 aromatic carbocycles. The summed E-state index contributed by atoms with van der Waals surface area (Å²) in [7, 11) is 2.64. The fourth-order valence-electron chi connectivity index (χ4n) is 4.83. The number of rotatable bonds is 6. The van der Waals surface area contributed by atoms with E-state index in [0.29, 0.717) is 12.0 Å². The summed E-state index contributed by atoms with van der Waals surface area (Å²) in [4.78, 5) is 41.1. The smallest absolute Gasteiger partial charge is 0.332 e. The van der Waals surface area contributed by atoms with Gasteiger partial charge in [-0.25, -0.2) is 4.79 Å². The summed E-state index contributed by atoms with van der Waals surface area (Å²) in [5.41, 5.74) is -0.0653. The zero-order valence-electron chi connectivity index (χ0n) is 19.8. The van der Waals surface area contributed by atoms with Crippen LogP contribution in [-0.2, 0) is 19.1 Å². The van der Waals surface area contributed by atoms with Crippen molar-refractivity contribution in [3.05, 3.63) is 71.8 Å². The molecule has 0 aliphatic carbocycles. The van der Waals surface area contributed by atoms with E-state index >= 15 is 0 Å². The zero-order chi connectivity index (χ0) is 24.9.